The van der Waals surface area contributed by atoms with Crippen LogP contribution in [0.4, 0.5) is 5.13 Å². The third-order valence-corrected chi connectivity index (χ3v) is 5.01. The average Bonchev–Trinajstić information content (AvgIpc) is 2.89. The average molecular weight is 353 g/mol. The highest BCUT2D eigenvalue weighted by molar-refractivity contribution is 8.00. The first-order valence-corrected chi connectivity index (χ1v) is 8.97. The van der Waals surface area contributed by atoms with E-state index in [1.54, 1.807) is 0 Å². The molecule has 1 atom stereocenters. The van der Waals surface area contributed by atoms with Crippen molar-refractivity contribution in [2.24, 2.45) is 0 Å². The summed E-state index contributed by atoms with van der Waals surface area (Å²) in [5.74, 6) is -0.0267. The van der Waals surface area contributed by atoms with E-state index in [1.807, 2.05) is 27.7 Å². The van der Waals surface area contributed by atoms with Crippen LogP contribution in [0.3, 0.4) is 0 Å². The molecule has 23 heavy (non-hydrogen) atoms. The number of carbonyl (C=O) groups excluding carboxylic acids is 1. The van der Waals surface area contributed by atoms with Crippen molar-refractivity contribution in [3.8, 4) is 0 Å². The Labute approximate surface area is 142 Å². The van der Waals surface area contributed by atoms with Gasteiger partial charge in [0.05, 0.1) is 10.9 Å². The maximum atomic E-state index is 12.3. The van der Waals surface area contributed by atoms with Gasteiger partial charge in [0.25, 0.3) is 5.56 Å². The lowest BCUT2D eigenvalue weighted by Crippen LogP contribution is -2.25. The molecule has 0 saturated carbocycles. The van der Waals surface area contributed by atoms with Crippen molar-refractivity contribution in [3.05, 3.63) is 27.1 Å². The summed E-state index contributed by atoms with van der Waals surface area (Å²) >= 11 is 2.57. The second-order valence-electron chi connectivity index (χ2n) is 5.26. The number of aryl methyl sites for hydroxylation is 1. The van der Waals surface area contributed by atoms with Gasteiger partial charge in [-0.1, -0.05) is 43.9 Å². The maximum Gasteiger partial charge on any atom is 0.251 e. The molecule has 7 nitrogen and oxygen atoms in total. The molecular weight excluding hydrogens is 334 g/mol. The molecule has 2 heterocycles. The van der Waals surface area contributed by atoms with Crippen LogP contribution in [0.5, 0.6) is 0 Å². The van der Waals surface area contributed by atoms with E-state index in [0.717, 1.165) is 5.01 Å². The van der Waals surface area contributed by atoms with E-state index in [1.165, 1.54) is 29.2 Å². The Morgan fingerprint density at radius 2 is 2.17 bits per heavy atom. The number of nitrogens with one attached hydrogen (secondary N) is 2. The quantitative estimate of drug-likeness (QED) is 0.611. The van der Waals surface area contributed by atoms with Gasteiger partial charge in [0.15, 0.2) is 5.16 Å². The van der Waals surface area contributed by atoms with E-state index in [2.05, 4.69) is 25.5 Å². The summed E-state index contributed by atoms with van der Waals surface area (Å²) in [5, 5.41) is 11.9. The molecule has 2 aromatic heterocycles. The van der Waals surface area contributed by atoms with Crippen molar-refractivity contribution in [1.82, 2.24) is 20.2 Å². The molecule has 0 radical (unpaired) electrons. The van der Waals surface area contributed by atoms with Gasteiger partial charge in [-0.25, -0.2) is 4.98 Å². The lowest BCUT2D eigenvalue weighted by Gasteiger charge is -2.13. The first kappa shape index (κ1) is 17.6. The van der Waals surface area contributed by atoms with E-state index in [9.17, 15) is 9.59 Å². The number of anilines is 1. The van der Waals surface area contributed by atoms with E-state index >= 15 is 0 Å². The second kappa shape index (κ2) is 7.69. The molecule has 2 N–H and O–H groups in total. The van der Waals surface area contributed by atoms with Crippen molar-refractivity contribution < 1.29 is 4.79 Å². The Morgan fingerprint density at radius 3 is 2.74 bits per heavy atom. The SMILES string of the molecule is CCC(Sc1nc(C(C)C)cc(=O)[nH]1)C(=O)Nc1nnc(C)s1. The Bertz CT molecular complexity index is 741. The third-order valence-electron chi connectivity index (χ3n) is 3.00. The molecule has 0 aliphatic carbocycles. The number of hydrogen-bond donors (Lipinski definition) is 2. The molecule has 0 aliphatic rings. The molecule has 0 bridgehead atoms. The number of thioether (sulfide) groups is 1. The molecule has 2 rings (SSSR count). The van der Waals surface area contributed by atoms with Crippen LogP contribution in [0.2, 0.25) is 0 Å². The van der Waals surface area contributed by atoms with Crippen LogP contribution in [0.1, 0.15) is 43.8 Å². The van der Waals surface area contributed by atoms with Gasteiger partial charge in [-0.05, 0) is 19.3 Å². The summed E-state index contributed by atoms with van der Waals surface area (Å²) in [6.07, 6.45) is 0.601. The molecule has 0 aromatic carbocycles. The fourth-order valence-corrected chi connectivity index (χ4v) is 3.31. The zero-order valence-electron chi connectivity index (χ0n) is 13.4. The summed E-state index contributed by atoms with van der Waals surface area (Å²) in [6, 6.07) is 1.49. The molecular formula is C14H19N5O2S2. The summed E-state index contributed by atoms with van der Waals surface area (Å²) < 4.78 is 0. The van der Waals surface area contributed by atoms with Crippen LogP contribution in [0, 0.1) is 6.92 Å². The lowest BCUT2D eigenvalue weighted by molar-refractivity contribution is -0.115. The van der Waals surface area contributed by atoms with E-state index in [-0.39, 0.29) is 22.6 Å². The maximum absolute atomic E-state index is 12.3. The van der Waals surface area contributed by atoms with Gasteiger partial charge >= 0.3 is 0 Å². The van der Waals surface area contributed by atoms with Crippen LogP contribution in [-0.4, -0.2) is 31.3 Å². The van der Waals surface area contributed by atoms with Gasteiger partial charge in [-0.15, -0.1) is 10.2 Å². The topological polar surface area (TPSA) is 101 Å². The first-order chi connectivity index (χ1) is 10.9. The number of rotatable bonds is 6. The Kier molecular flexibility index (Phi) is 5.89. The zero-order chi connectivity index (χ0) is 17.0. The number of aromatic amines is 1. The van der Waals surface area contributed by atoms with Gasteiger partial charge < -0.3 is 4.98 Å². The van der Waals surface area contributed by atoms with Crippen molar-refractivity contribution in [3.63, 3.8) is 0 Å². The number of hydrogen-bond acceptors (Lipinski definition) is 7. The largest absolute Gasteiger partial charge is 0.301 e. The summed E-state index contributed by atoms with van der Waals surface area (Å²) in [4.78, 5) is 31.2. The molecule has 124 valence electrons. The summed E-state index contributed by atoms with van der Waals surface area (Å²) in [6.45, 7) is 7.68. The summed E-state index contributed by atoms with van der Waals surface area (Å²) in [7, 11) is 0. The lowest BCUT2D eigenvalue weighted by atomic mass is 10.1. The van der Waals surface area contributed by atoms with Crippen LogP contribution >= 0.6 is 23.1 Å². The molecule has 2 aromatic rings. The van der Waals surface area contributed by atoms with E-state index in [4.69, 9.17) is 0 Å². The summed E-state index contributed by atoms with van der Waals surface area (Å²) in [5.41, 5.74) is 0.507. The second-order valence-corrected chi connectivity index (χ2v) is 7.63. The van der Waals surface area contributed by atoms with Crippen molar-refractivity contribution in [1.29, 1.82) is 0 Å². The minimum Gasteiger partial charge on any atom is -0.301 e. The Morgan fingerprint density at radius 1 is 1.43 bits per heavy atom. The third kappa shape index (κ3) is 4.87. The molecule has 0 aliphatic heterocycles. The minimum atomic E-state index is -0.371. The minimum absolute atomic E-state index is 0.148. The zero-order valence-corrected chi connectivity index (χ0v) is 15.0. The van der Waals surface area contributed by atoms with Gasteiger partial charge in [0.1, 0.15) is 5.01 Å². The van der Waals surface area contributed by atoms with Crippen molar-refractivity contribution in [2.45, 2.75) is 50.4 Å². The fraction of sp³-hybridized carbons (Fsp3) is 0.500. The van der Waals surface area contributed by atoms with Gasteiger partial charge in [-0.2, -0.15) is 0 Å². The van der Waals surface area contributed by atoms with Crippen molar-refractivity contribution >= 4 is 34.1 Å². The van der Waals surface area contributed by atoms with Gasteiger partial charge in [-0.3, -0.25) is 14.9 Å². The van der Waals surface area contributed by atoms with Crippen LogP contribution < -0.4 is 10.9 Å². The molecule has 1 unspecified atom stereocenters. The molecule has 0 saturated heterocycles. The normalized spacial score (nSPS) is 12.4. The smallest absolute Gasteiger partial charge is 0.251 e. The van der Waals surface area contributed by atoms with Crippen LogP contribution in [0.15, 0.2) is 16.0 Å². The highest BCUT2D eigenvalue weighted by Crippen LogP contribution is 2.24. The molecule has 0 fully saturated rings. The molecule has 9 heteroatoms. The highest BCUT2D eigenvalue weighted by atomic mass is 32.2. The number of aromatic nitrogens is 4. The van der Waals surface area contributed by atoms with Gasteiger partial charge in [0.2, 0.25) is 11.0 Å². The molecule has 1 amide bonds. The highest BCUT2D eigenvalue weighted by Gasteiger charge is 2.21. The number of amides is 1. The Hall–Kier alpha value is -1.74. The standard InChI is InChI=1S/C14H19N5O2S2/c1-5-10(12(21)17-14-19-18-8(4)22-14)23-13-15-9(7(2)3)6-11(20)16-13/h6-7,10H,5H2,1-4H3,(H,15,16,20)(H,17,19,21). The van der Waals surface area contributed by atoms with Crippen molar-refractivity contribution in [2.75, 3.05) is 5.32 Å². The van der Waals surface area contributed by atoms with Crippen LogP contribution in [-0.2, 0) is 4.79 Å². The number of carbonyl (C=O) groups is 1. The predicted octanol–water partition coefficient (Wildman–Crippen LogP) is 2.56. The predicted molar refractivity (Wildman–Crippen MR) is 92.2 cm³/mol. The first-order valence-electron chi connectivity index (χ1n) is 7.28. The fourth-order valence-electron chi connectivity index (χ4n) is 1.79. The van der Waals surface area contributed by atoms with E-state index in [0.29, 0.717) is 22.4 Å². The molecule has 0 spiro atoms. The van der Waals surface area contributed by atoms with Crippen LogP contribution in [0.25, 0.3) is 0 Å². The van der Waals surface area contributed by atoms with Gasteiger partial charge in [0, 0.05) is 6.07 Å². The monoisotopic (exact) mass is 353 g/mol. The van der Waals surface area contributed by atoms with E-state index < -0.39 is 0 Å². The number of H-pyrrole nitrogens is 1. The number of nitrogens with zero attached hydrogens (tertiary/aromatic N) is 3. The Balaban J connectivity index is 2.12.